The van der Waals surface area contributed by atoms with Gasteiger partial charge in [0.15, 0.2) is 11.6 Å². The summed E-state index contributed by atoms with van der Waals surface area (Å²) < 4.78 is 29.6. The predicted molar refractivity (Wildman–Crippen MR) is 135 cm³/mol. The van der Waals surface area contributed by atoms with E-state index in [2.05, 4.69) is 30.5 Å². The van der Waals surface area contributed by atoms with Crippen molar-refractivity contribution in [2.75, 3.05) is 6.54 Å². The van der Waals surface area contributed by atoms with E-state index in [1.165, 1.54) is 12.1 Å². The van der Waals surface area contributed by atoms with Crippen molar-refractivity contribution in [2.24, 2.45) is 0 Å². The van der Waals surface area contributed by atoms with Crippen LogP contribution in [-0.2, 0) is 6.54 Å². The summed E-state index contributed by atoms with van der Waals surface area (Å²) in [6.45, 7) is 3.56. The van der Waals surface area contributed by atoms with Crippen LogP contribution in [0.25, 0.3) is 55.8 Å². The topological polar surface area (TPSA) is 95.2 Å². The number of pyridine rings is 2. The van der Waals surface area contributed by atoms with Crippen LogP contribution >= 0.6 is 0 Å². The van der Waals surface area contributed by atoms with Gasteiger partial charge in [-0.3, -0.25) is 15.1 Å². The maximum atomic E-state index is 15.1. The molecule has 0 saturated heterocycles. The number of fused-ring (bicyclic) bond motifs is 2. The van der Waals surface area contributed by atoms with Crippen LogP contribution in [-0.4, -0.2) is 36.7 Å². The molecule has 36 heavy (non-hydrogen) atoms. The van der Waals surface area contributed by atoms with Gasteiger partial charge in [0.25, 0.3) is 0 Å². The van der Waals surface area contributed by atoms with E-state index in [1.54, 1.807) is 42.9 Å². The van der Waals surface area contributed by atoms with Crippen molar-refractivity contribution in [1.82, 2.24) is 35.5 Å². The first-order chi connectivity index (χ1) is 17.6. The zero-order valence-electron chi connectivity index (χ0n) is 19.3. The molecule has 0 saturated carbocycles. The summed E-state index contributed by atoms with van der Waals surface area (Å²) in [7, 11) is 0. The molecule has 9 heteroatoms. The molecular formula is C27H21F2N7. The van der Waals surface area contributed by atoms with Crippen LogP contribution in [0.1, 0.15) is 12.5 Å². The predicted octanol–water partition coefficient (Wildman–Crippen LogP) is 5.62. The standard InChI is InChI=1S/C27H21F2N7/c1-2-30-12-15-9-17(14-31-13-15)16-10-19-23(21(29)11-16)35-36-25(19)27-33-22-7-8-32-24(26(22)34-27)18-5-3-4-6-20(18)28/h3-11,13-14,30H,2,12H2,1H3,(H,33,34)(H,35,36). The van der Waals surface area contributed by atoms with Gasteiger partial charge >= 0.3 is 0 Å². The Morgan fingerprint density at radius 3 is 2.69 bits per heavy atom. The van der Waals surface area contributed by atoms with Gasteiger partial charge in [0, 0.05) is 41.6 Å². The lowest BCUT2D eigenvalue weighted by Crippen LogP contribution is -2.11. The number of hydrogen-bond acceptors (Lipinski definition) is 5. The molecule has 0 radical (unpaired) electrons. The summed E-state index contributed by atoms with van der Waals surface area (Å²) in [5, 5.41) is 11.0. The van der Waals surface area contributed by atoms with Crippen molar-refractivity contribution >= 4 is 21.9 Å². The molecule has 6 aromatic rings. The van der Waals surface area contributed by atoms with E-state index in [1.807, 2.05) is 19.1 Å². The molecular weight excluding hydrogens is 460 g/mol. The summed E-state index contributed by atoms with van der Waals surface area (Å²) in [4.78, 5) is 16.6. The maximum Gasteiger partial charge on any atom is 0.157 e. The number of imidazole rings is 1. The minimum absolute atomic E-state index is 0.207. The lowest BCUT2D eigenvalue weighted by molar-refractivity contribution is 0.631. The van der Waals surface area contributed by atoms with E-state index >= 15 is 4.39 Å². The third-order valence-corrected chi connectivity index (χ3v) is 6.09. The Morgan fingerprint density at radius 1 is 0.944 bits per heavy atom. The van der Waals surface area contributed by atoms with Crippen molar-refractivity contribution in [3.8, 4) is 33.9 Å². The summed E-state index contributed by atoms with van der Waals surface area (Å²) in [6, 6.07) is 13.5. The zero-order valence-corrected chi connectivity index (χ0v) is 19.3. The van der Waals surface area contributed by atoms with Gasteiger partial charge in [-0.25, -0.2) is 13.8 Å². The lowest BCUT2D eigenvalue weighted by Gasteiger charge is -2.06. The minimum atomic E-state index is -0.452. The molecule has 6 rings (SSSR count). The average molecular weight is 482 g/mol. The Bertz CT molecular complexity index is 1720. The maximum absolute atomic E-state index is 15.1. The monoisotopic (exact) mass is 481 g/mol. The number of halogens is 2. The number of aromatic amines is 2. The van der Waals surface area contributed by atoms with E-state index in [0.717, 1.165) is 17.7 Å². The van der Waals surface area contributed by atoms with Crippen molar-refractivity contribution in [3.05, 3.63) is 84.3 Å². The SMILES string of the molecule is CCNCc1cncc(-c2cc(F)c3n[nH]c(-c4nc5c(-c6ccccc6F)nccc5[nH]4)c3c2)c1. The highest BCUT2D eigenvalue weighted by atomic mass is 19.1. The fraction of sp³-hybridized carbons (Fsp3) is 0.111. The zero-order chi connectivity index (χ0) is 24.6. The smallest absolute Gasteiger partial charge is 0.157 e. The molecule has 0 amide bonds. The fourth-order valence-corrected chi connectivity index (χ4v) is 4.34. The van der Waals surface area contributed by atoms with Gasteiger partial charge in [-0.05, 0) is 54.1 Å². The summed E-state index contributed by atoms with van der Waals surface area (Å²) in [5.74, 6) is -0.383. The van der Waals surface area contributed by atoms with Gasteiger partial charge < -0.3 is 10.3 Å². The first kappa shape index (κ1) is 22.0. The molecule has 0 fully saturated rings. The summed E-state index contributed by atoms with van der Waals surface area (Å²) >= 11 is 0. The summed E-state index contributed by atoms with van der Waals surface area (Å²) in [5.41, 5.74) is 5.19. The van der Waals surface area contributed by atoms with Crippen LogP contribution in [0.4, 0.5) is 8.78 Å². The molecule has 178 valence electrons. The van der Waals surface area contributed by atoms with Crippen LogP contribution < -0.4 is 5.32 Å². The van der Waals surface area contributed by atoms with Crippen molar-refractivity contribution < 1.29 is 8.78 Å². The molecule has 0 aliphatic rings. The van der Waals surface area contributed by atoms with Crippen molar-refractivity contribution in [1.29, 1.82) is 0 Å². The molecule has 7 nitrogen and oxygen atoms in total. The molecule has 0 spiro atoms. The van der Waals surface area contributed by atoms with Gasteiger partial charge in [-0.2, -0.15) is 5.10 Å². The normalized spacial score (nSPS) is 11.5. The van der Waals surface area contributed by atoms with Gasteiger partial charge in [0.1, 0.15) is 28.2 Å². The first-order valence-corrected chi connectivity index (χ1v) is 11.5. The Morgan fingerprint density at radius 2 is 1.83 bits per heavy atom. The van der Waals surface area contributed by atoms with E-state index in [9.17, 15) is 4.39 Å². The van der Waals surface area contributed by atoms with Gasteiger partial charge in [-0.1, -0.05) is 19.1 Å². The molecule has 0 unspecified atom stereocenters. The van der Waals surface area contributed by atoms with E-state index in [-0.39, 0.29) is 11.3 Å². The molecule has 4 aromatic heterocycles. The number of benzene rings is 2. The number of nitrogens with zero attached hydrogens (tertiary/aromatic N) is 4. The number of nitrogens with one attached hydrogen (secondary N) is 3. The molecule has 2 aromatic carbocycles. The second-order valence-electron chi connectivity index (χ2n) is 8.44. The number of hydrogen-bond donors (Lipinski definition) is 3. The average Bonchev–Trinajstić information content (AvgIpc) is 3.52. The number of aromatic nitrogens is 6. The fourth-order valence-electron chi connectivity index (χ4n) is 4.34. The second kappa shape index (κ2) is 8.94. The Balaban J connectivity index is 1.48. The lowest BCUT2D eigenvalue weighted by atomic mass is 10.0. The molecule has 0 atom stereocenters. The Kier molecular flexibility index (Phi) is 5.46. The highest BCUT2D eigenvalue weighted by molar-refractivity contribution is 5.97. The van der Waals surface area contributed by atoms with Crippen molar-refractivity contribution in [3.63, 3.8) is 0 Å². The van der Waals surface area contributed by atoms with Crippen molar-refractivity contribution in [2.45, 2.75) is 13.5 Å². The Hall–Kier alpha value is -4.50. The molecule has 0 bridgehead atoms. The van der Waals surface area contributed by atoms with Crippen LogP contribution in [0.2, 0.25) is 0 Å². The van der Waals surface area contributed by atoms with Gasteiger partial charge in [0.2, 0.25) is 0 Å². The van der Waals surface area contributed by atoms with E-state index in [4.69, 9.17) is 4.98 Å². The highest BCUT2D eigenvalue weighted by Crippen LogP contribution is 2.34. The summed E-state index contributed by atoms with van der Waals surface area (Å²) in [6.07, 6.45) is 5.10. The second-order valence-corrected chi connectivity index (χ2v) is 8.44. The minimum Gasteiger partial charge on any atom is -0.337 e. The quantitative estimate of drug-likeness (QED) is 0.287. The largest absolute Gasteiger partial charge is 0.337 e. The first-order valence-electron chi connectivity index (χ1n) is 11.5. The molecule has 0 aliphatic heterocycles. The van der Waals surface area contributed by atoms with E-state index < -0.39 is 5.82 Å². The molecule has 3 N–H and O–H groups in total. The molecule has 0 aliphatic carbocycles. The highest BCUT2D eigenvalue weighted by Gasteiger charge is 2.19. The van der Waals surface area contributed by atoms with Crippen LogP contribution in [0, 0.1) is 11.6 Å². The Labute approximate surface area is 204 Å². The number of rotatable bonds is 6. The van der Waals surface area contributed by atoms with Crippen LogP contribution in [0.3, 0.4) is 0 Å². The third-order valence-electron chi connectivity index (χ3n) is 6.09. The van der Waals surface area contributed by atoms with Crippen LogP contribution in [0.15, 0.2) is 67.1 Å². The van der Waals surface area contributed by atoms with Crippen LogP contribution in [0.5, 0.6) is 0 Å². The van der Waals surface area contributed by atoms with Gasteiger partial charge in [0.05, 0.1) is 5.52 Å². The van der Waals surface area contributed by atoms with E-state index in [0.29, 0.717) is 51.3 Å². The number of H-pyrrole nitrogens is 2. The molecule has 4 heterocycles. The third kappa shape index (κ3) is 3.79. The van der Waals surface area contributed by atoms with Gasteiger partial charge in [-0.15, -0.1) is 0 Å².